The lowest BCUT2D eigenvalue weighted by atomic mass is 10.1. The van der Waals surface area contributed by atoms with Crippen LogP contribution in [0.25, 0.3) is 0 Å². The van der Waals surface area contributed by atoms with E-state index in [-0.39, 0.29) is 0 Å². The fourth-order valence-electron chi connectivity index (χ4n) is 2.75. The van der Waals surface area contributed by atoms with E-state index in [4.69, 9.17) is 4.74 Å². The summed E-state index contributed by atoms with van der Waals surface area (Å²) in [5.74, 6) is 1.53. The van der Waals surface area contributed by atoms with Gasteiger partial charge in [-0.2, -0.15) is 5.10 Å². The molecular weight excluding hydrogens is 316 g/mol. The summed E-state index contributed by atoms with van der Waals surface area (Å²) in [7, 11) is 0. The number of ether oxygens (including phenoxy) is 1. The van der Waals surface area contributed by atoms with Crippen LogP contribution in [0.1, 0.15) is 28.1 Å². The molecule has 0 atom stereocenters. The molecule has 2 aromatic heterocycles. The highest BCUT2D eigenvalue weighted by atomic mass is 16.5. The summed E-state index contributed by atoms with van der Waals surface area (Å²) in [5.41, 5.74) is 4.63. The minimum Gasteiger partial charge on any atom is -0.439 e. The molecule has 0 saturated heterocycles. The summed E-state index contributed by atoms with van der Waals surface area (Å²) in [6, 6.07) is 11.4. The first kappa shape index (κ1) is 16.7. The highest BCUT2D eigenvalue weighted by Gasteiger charge is 2.12. The Hall–Kier alpha value is -3.15. The van der Waals surface area contributed by atoms with E-state index in [1.807, 2.05) is 45.9 Å². The van der Waals surface area contributed by atoms with Crippen LogP contribution >= 0.6 is 0 Å². The number of hydrogen-bond acceptors (Lipinski definition) is 5. The number of aromatic nitrogens is 3. The summed E-state index contributed by atoms with van der Waals surface area (Å²) in [5, 5.41) is 17.1. The van der Waals surface area contributed by atoms with Gasteiger partial charge in [-0.25, -0.2) is 9.67 Å². The van der Waals surface area contributed by atoms with Crippen LogP contribution in [0.15, 0.2) is 47.8 Å². The lowest BCUT2D eigenvalue weighted by molar-refractivity contribution is 0.316. The first-order chi connectivity index (χ1) is 12.0. The van der Waals surface area contributed by atoms with E-state index >= 15 is 0 Å². The largest absolute Gasteiger partial charge is 0.439 e. The molecule has 0 aliphatic carbocycles. The lowest BCUT2D eigenvalue weighted by Crippen LogP contribution is -2.17. The second-order valence-corrected chi connectivity index (χ2v) is 6.07. The van der Waals surface area contributed by atoms with Gasteiger partial charge in [-0.3, -0.25) is 0 Å². The van der Waals surface area contributed by atoms with E-state index < -0.39 is 0 Å². The fraction of sp³-hybridized carbons (Fsp3) is 0.211. The summed E-state index contributed by atoms with van der Waals surface area (Å²) in [6.45, 7) is 7.83. The third kappa shape index (κ3) is 3.68. The topological polar surface area (TPSA) is 72.5 Å². The number of benzene rings is 1. The van der Waals surface area contributed by atoms with Crippen molar-refractivity contribution < 1.29 is 9.94 Å². The Morgan fingerprint density at radius 2 is 1.76 bits per heavy atom. The maximum Gasteiger partial charge on any atom is 0.219 e. The molecular formula is C19H20N4O2. The van der Waals surface area contributed by atoms with Crippen LogP contribution in [-0.2, 0) is 0 Å². The summed E-state index contributed by atoms with van der Waals surface area (Å²) in [4.78, 5) is 4.31. The highest BCUT2D eigenvalue weighted by molar-refractivity contribution is 5.99. The van der Waals surface area contributed by atoms with E-state index in [1.165, 1.54) is 0 Å². The second-order valence-electron chi connectivity index (χ2n) is 6.07. The molecule has 6 heteroatoms. The zero-order chi connectivity index (χ0) is 18.0. The Bertz CT molecular complexity index is 907. The molecule has 3 rings (SSSR count). The average molecular weight is 336 g/mol. The molecule has 128 valence electrons. The first-order valence-electron chi connectivity index (χ1n) is 7.94. The van der Waals surface area contributed by atoms with E-state index in [0.717, 1.165) is 28.3 Å². The van der Waals surface area contributed by atoms with Gasteiger partial charge >= 0.3 is 0 Å². The van der Waals surface area contributed by atoms with Gasteiger partial charge in [0.2, 0.25) is 11.7 Å². The van der Waals surface area contributed by atoms with Gasteiger partial charge in [0.05, 0.1) is 5.69 Å². The molecule has 0 amide bonds. The normalized spacial score (nSPS) is 11.6. The predicted molar refractivity (Wildman–Crippen MR) is 95.6 cm³/mol. The van der Waals surface area contributed by atoms with E-state index in [1.54, 1.807) is 23.0 Å². The van der Waals surface area contributed by atoms with Crippen molar-refractivity contribution in [2.75, 3.05) is 0 Å². The molecule has 0 fully saturated rings. The van der Waals surface area contributed by atoms with Crippen LogP contribution < -0.4 is 4.74 Å². The van der Waals surface area contributed by atoms with Crippen molar-refractivity contribution in [2.45, 2.75) is 27.7 Å². The van der Waals surface area contributed by atoms with Crippen LogP contribution in [0.2, 0.25) is 0 Å². The molecule has 0 unspecified atom stereocenters. The summed E-state index contributed by atoms with van der Waals surface area (Å²) in [6.07, 6.45) is 1.60. The highest BCUT2D eigenvalue weighted by Crippen LogP contribution is 2.22. The molecule has 6 nitrogen and oxygen atoms in total. The van der Waals surface area contributed by atoms with Crippen LogP contribution in [-0.4, -0.2) is 25.8 Å². The van der Waals surface area contributed by atoms with Crippen molar-refractivity contribution in [3.63, 3.8) is 0 Å². The predicted octanol–water partition coefficient (Wildman–Crippen LogP) is 3.99. The Morgan fingerprint density at radius 3 is 2.28 bits per heavy atom. The van der Waals surface area contributed by atoms with Gasteiger partial charge in [0.15, 0.2) is 0 Å². The van der Waals surface area contributed by atoms with Crippen LogP contribution in [0.5, 0.6) is 11.6 Å². The Kier molecular flexibility index (Phi) is 4.52. The third-order valence-corrected chi connectivity index (χ3v) is 3.72. The average Bonchev–Trinajstić information content (AvgIpc) is 2.87. The third-order valence-electron chi connectivity index (χ3n) is 3.72. The summed E-state index contributed by atoms with van der Waals surface area (Å²) >= 11 is 0. The monoisotopic (exact) mass is 336 g/mol. The van der Waals surface area contributed by atoms with Gasteiger partial charge in [-0.1, -0.05) is 11.2 Å². The van der Waals surface area contributed by atoms with Crippen molar-refractivity contribution >= 4 is 5.84 Å². The van der Waals surface area contributed by atoms with Gasteiger partial charge in [0.1, 0.15) is 5.75 Å². The number of pyridine rings is 1. The lowest BCUT2D eigenvalue weighted by Gasteiger charge is -2.09. The van der Waals surface area contributed by atoms with Crippen molar-refractivity contribution in [2.24, 2.45) is 5.16 Å². The molecule has 0 saturated carbocycles. The Balaban J connectivity index is 1.85. The molecule has 0 spiro atoms. The molecule has 0 aliphatic rings. The zero-order valence-electron chi connectivity index (χ0n) is 14.7. The van der Waals surface area contributed by atoms with Crippen molar-refractivity contribution in [1.82, 2.24) is 14.8 Å². The molecule has 25 heavy (non-hydrogen) atoms. The Morgan fingerprint density at radius 1 is 1.04 bits per heavy atom. The minimum absolute atomic E-state index is 0.316. The number of rotatable bonds is 3. The van der Waals surface area contributed by atoms with Crippen LogP contribution in [0.4, 0.5) is 0 Å². The van der Waals surface area contributed by atoms with Crippen molar-refractivity contribution in [1.29, 1.82) is 0 Å². The van der Waals surface area contributed by atoms with E-state index in [2.05, 4.69) is 21.3 Å². The quantitative estimate of drug-likeness (QED) is 0.340. The van der Waals surface area contributed by atoms with Gasteiger partial charge in [-0.15, -0.1) is 0 Å². The van der Waals surface area contributed by atoms with Gasteiger partial charge in [0.25, 0.3) is 0 Å². The minimum atomic E-state index is 0.316. The standard InChI is InChI=1S/C19H20N4O2/c1-12-7-13(2)9-17(8-12)25-18-6-5-16(11-20-18)19(22-24)23-15(4)10-14(3)21-23/h5-11,24H,1-4H3/b22-19-. The van der Waals surface area contributed by atoms with E-state index in [9.17, 15) is 5.21 Å². The second kappa shape index (κ2) is 6.76. The zero-order valence-corrected chi connectivity index (χ0v) is 14.7. The number of nitrogens with zero attached hydrogens (tertiary/aromatic N) is 4. The maximum atomic E-state index is 9.40. The SMILES string of the molecule is Cc1cc(C)cc(Oc2ccc(/C(=N/O)n3nc(C)cc3C)cn2)c1. The smallest absolute Gasteiger partial charge is 0.219 e. The molecule has 2 heterocycles. The van der Waals surface area contributed by atoms with Gasteiger partial charge < -0.3 is 9.94 Å². The Labute approximate surface area is 146 Å². The molecule has 0 aliphatic heterocycles. The van der Waals surface area contributed by atoms with Gasteiger partial charge in [0, 0.05) is 23.5 Å². The summed E-state index contributed by atoms with van der Waals surface area (Å²) < 4.78 is 7.39. The number of oxime groups is 1. The molecule has 1 aromatic carbocycles. The molecule has 1 N–H and O–H groups in total. The van der Waals surface area contributed by atoms with Crippen molar-refractivity contribution in [3.05, 3.63) is 70.7 Å². The van der Waals surface area contributed by atoms with Crippen LogP contribution in [0, 0.1) is 27.7 Å². The fourth-order valence-corrected chi connectivity index (χ4v) is 2.75. The number of aryl methyl sites for hydroxylation is 4. The van der Waals surface area contributed by atoms with Crippen LogP contribution in [0.3, 0.4) is 0 Å². The number of hydrogen-bond donors (Lipinski definition) is 1. The van der Waals surface area contributed by atoms with Gasteiger partial charge in [-0.05, 0) is 63.1 Å². The van der Waals surface area contributed by atoms with E-state index in [0.29, 0.717) is 17.3 Å². The first-order valence-corrected chi connectivity index (χ1v) is 7.94. The molecule has 3 aromatic rings. The molecule has 0 radical (unpaired) electrons. The maximum absolute atomic E-state index is 9.40. The molecule has 0 bridgehead atoms. The van der Waals surface area contributed by atoms with Crippen molar-refractivity contribution in [3.8, 4) is 11.6 Å².